The Bertz CT molecular complexity index is 1660. The lowest BCUT2D eigenvalue weighted by Gasteiger charge is -2.08. The predicted octanol–water partition coefficient (Wildman–Crippen LogP) is 5.75. The monoisotopic (exact) mass is 514 g/mol. The number of rotatable bonds is 7. The van der Waals surface area contributed by atoms with E-state index in [9.17, 15) is 14.4 Å². The van der Waals surface area contributed by atoms with Crippen LogP contribution >= 0.6 is 11.6 Å². The van der Waals surface area contributed by atoms with Gasteiger partial charge in [0.2, 0.25) is 5.78 Å². The minimum absolute atomic E-state index is 0.114. The minimum atomic E-state index is -0.572. The lowest BCUT2D eigenvalue weighted by Crippen LogP contribution is -2.17. The molecule has 186 valence electrons. The number of carbonyl (C=O) groups is 3. The zero-order valence-corrected chi connectivity index (χ0v) is 21.0. The van der Waals surface area contributed by atoms with Crippen molar-refractivity contribution in [3.05, 3.63) is 100 Å². The Morgan fingerprint density at radius 2 is 1.73 bits per heavy atom. The van der Waals surface area contributed by atoms with Crippen LogP contribution in [0.1, 0.15) is 32.0 Å². The number of methoxy groups -OCH3 is 1. The van der Waals surface area contributed by atoms with E-state index in [1.54, 1.807) is 67.3 Å². The third kappa shape index (κ3) is 4.61. The third-order valence-electron chi connectivity index (χ3n) is 6.41. The molecule has 0 radical (unpaired) electrons. The number of H-pyrrole nitrogens is 1. The number of para-hydroxylation sites is 1. The van der Waals surface area contributed by atoms with Gasteiger partial charge in [0.15, 0.2) is 6.61 Å². The van der Waals surface area contributed by atoms with Crippen molar-refractivity contribution in [3.63, 3.8) is 0 Å². The molecule has 0 atom stereocenters. The average molecular weight is 515 g/mol. The number of nitrogens with one attached hydrogen (secondary N) is 1. The van der Waals surface area contributed by atoms with Crippen molar-refractivity contribution in [3.8, 4) is 5.75 Å². The summed E-state index contributed by atoms with van der Waals surface area (Å²) in [6, 6.07) is 19.4. The van der Waals surface area contributed by atoms with E-state index in [0.717, 1.165) is 10.9 Å². The molecule has 0 aliphatic heterocycles. The maximum atomic E-state index is 13.4. The van der Waals surface area contributed by atoms with E-state index in [-0.39, 0.29) is 24.7 Å². The predicted molar refractivity (Wildman–Crippen MR) is 142 cm³/mol. The molecule has 2 heterocycles. The van der Waals surface area contributed by atoms with E-state index < -0.39 is 5.97 Å². The summed E-state index contributed by atoms with van der Waals surface area (Å²) in [4.78, 5) is 42.1. The first-order valence-electron chi connectivity index (χ1n) is 11.6. The molecule has 37 heavy (non-hydrogen) atoms. The number of benzene rings is 3. The Labute approximate surface area is 217 Å². The van der Waals surface area contributed by atoms with Gasteiger partial charge in [-0.1, -0.05) is 29.8 Å². The molecule has 8 heteroatoms. The highest BCUT2D eigenvalue weighted by Crippen LogP contribution is 2.31. The summed E-state index contributed by atoms with van der Waals surface area (Å²) in [6.45, 7) is 1.39. The molecule has 0 fully saturated rings. The van der Waals surface area contributed by atoms with Gasteiger partial charge in [0.25, 0.3) is 5.91 Å². The molecule has 0 spiro atoms. The Morgan fingerprint density at radius 3 is 2.49 bits per heavy atom. The molecule has 0 bridgehead atoms. The molecule has 1 N–H and O–H groups in total. The minimum Gasteiger partial charge on any atom is -0.497 e. The zero-order chi connectivity index (χ0) is 26.1. The van der Waals surface area contributed by atoms with Crippen LogP contribution in [0.4, 0.5) is 0 Å². The van der Waals surface area contributed by atoms with E-state index in [4.69, 9.17) is 21.1 Å². The van der Waals surface area contributed by atoms with Crippen molar-refractivity contribution in [1.29, 1.82) is 0 Å². The van der Waals surface area contributed by atoms with Gasteiger partial charge >= 0.3 is 5.97 Å². The van der Waals surface area contributed by atoms with Gasteiger partial charge in [-0.15, -0.1) is 0 Å². The van der Waals surface area contributed by atoms with Gasteiger partial charge in [0.05, 0.1) is 19.0 Å². The van der Waals surface area contributed by atoms with Crippen LogP contribution in [0.2, 0.25) is 5.02 Å². The summed E-state index contributed by atoms with van der Waals surface area (Å²) >= 11 is 5.99. The SMILES string of the molecule is COc1ccc2c(c1)c(CC(=O)OCC(=O)c1c[nH]c3ccccc13)c(C)n2C(=O)c1ccc(Cl)cc1. The zero-order valence-electron chi connectivity index (χ0n) is 20.2. The van der Waals surface area contributed by atoms with E-state index in [1.165, 1.54) is 0 Å². The molecule has 0 aliphatic carbocycles. The van der Waals surface area contributed by atoms with Crippen LogP contribution in [0.3, 0.4) is 0 Å². The molecule has 0 amide bonds. The number of aromatic nitrogens is 2. The molecule has 2 aromatic heterocycles. The first-order chi connectivity index (χ1) is 17.9. The van der Waals surface area contributed by atoms with Crippen LogP contribution in [0, 0.1) is 6.92 Å². The number of aromatic amines is 1. The number of carbonyl (C=O) groups excluding carboxylic acids is 3. The summed E-state index contributed by atoms with van der Waals surface area (Å²) in [5.74, 6) is -0.534. The van der Waals surface area contributed by atoms with Gasteiger partial charge in [-0.2, -0.15) is 0 Å². The lowest BCUT2D eigenvalue weighted by atomic mass is 10.1. The second kappa shape index (κ2) is 9.95. The number of halogens is 1. The number of ketones is 1. The maximum Gasteiger partial charge on any atom is 0.310 e. The van der Waals surface area contributed by atoms with Gasteiger partial charge < -0.3 is 14.5 Å². The number of ether oxygens (including phenoxy) is 2. The van der Waals surface area contributed by atoms with Gasteiger partial charge in [-0.05, 0) is 61.0 Å². The molecule has 3 aromatic carbocycles. The van der Waals surface area contributed by atoms with Crippen LogP contribution in [0.5, 0.6) is 5.75 Å². The molecule has 5 rings (SSSR count). The molecule has 0 saturated heterocycles. The summed E-state index contributed by atoms with van der Waals surface area (Å²) in [5.41, 5.74) is 3.62. The second-order valence-electron chi connectivity index (χ2n) is 8.60. The number of nitrogens with zero attached hydrogens (tertiary/aromatic N) is 1. The van der Waals surface area contributed by atoms with Gasteiger partial charge in [-0.3, -0.25) is 19.0 Å². The van der Waals surface area contributed by atoms with Crippen LogP contribution < -0.4 is 4.74 Å². The molecule has 0 unspecified atom stereocenters. The normalized spacial score (nSPS) is 11.1. The average Bonchev–Trinajstić information content (AvgIpc) is 3.46. The van der Waals surface area contributed by atoms with E-state index in [1.807, 2.05) is 24.3 Å². The fourth-order valence-corrected chi connectivity index (χ4v) is 4.64. The quantitative estimate of drug-likeness (QED) is 0.220. The first-order valence-corrected chi connectivity index (χ1v) is 12.0. The topological polar surface area (TPSA) is 90.4 Å². The Kier molecular flexibility index (Phi) is 6.54. The fourth-order valence-electron chi connectivity index (χ4n) is 4.52. The molecular formula is C29H23ClN2O5. The number of fused-ring (bicyclic) bond motifs is 2. The highest BCUT2D eigenvalue weighted by molar-refractivity contribution is 6.30. The lowest BCUT2D eigenvalue weighted by molar-refractivity contribution is -0.141. The van der Waals surface area contributed by atoms with Crippen molar-refractivity contribution in [1.82, 2.24) is 9.55 Å². The summed E-state index contributed by atoms with van der Waals surface area (Å²) in [5, 5.41) is 2.00. The van der Waals surface area contributed by atoms with Crippen molar-refractivity contribution >= 4 is 51.1 Å². The van der Waals surface area contributed by atoms with E-state index in [0.29, 0.717) is 44.1 Å². The van der Waals surface area contributed by atoms with Crippen molar-refractivity contribution < 1.29 is 23.9 Å². The molecule has 5 aromatic rings. The largest absolute Gasteiger partial charge is 0.497 e. The Balaban J connectivity index is 1.42. The first kappa shape index (κ1) is 24.3. The van der Waals surface area contributed by atoms with Gasteiger partial charge in [0, 0.05) is 44.3 Å². The summed E-state index contributed by atoms with van der Waals surface area (Å²) in [7, 11) is 1.55. The Morgan fingerprint density at radius 1 is 0.973 bits per heavy atom. The highest BCUT2D eigenvalue weighted by Gasteiger charge is 2.23. The highest BCUT2D eigenvalue weighted by atomic mass is 35.5. The van der Waals surface area contributed by atoms with Crippen molar-refractivity contribution in [2.75, 3.05) is 13.7 Å². The van der Waals surface area contributed by atoms with Gasteiger partial charge in [-0.25, -0.2) is 0 Å². The second-order valence-corrected chi connectivity index (χ2v) is 9.04. The van der Waals surface area contributed by atoms with Crippen LogP contribution in [0.25, 0.3) is 21.8 Å². The number of hydrogen-bond acceptors (Lipinski definition) is 5. The maximum absolute atomic E-state index is 13.4. The van der Waals surface area contributed by atoms with Crippen molar-refractivity contribution in [2.45, 2.75) is 13.3 Å². The summed E-state index contributed by atoms with van der Waals surface area (Å²) < 4.78 is 12.3. The third-order valence-corrected chi connectivity index (χ3v) is 6.66. The molecule has 0 saturated carbocycles. The van der Waals surface area contributed by atoms with Crippen LogP contribution in [-0.2, 0) is 16.0 Å². The Hall–Kier alpha value is -4.36. The molecular weight excluding hydrogens is 492 g/mol. The van der Waals surface area contributed by atoms with E-state index in [2.05, 4.69) is 4.98 Å². The van der Waals surface area contributed by atoms with Crippen LogP contribution in [-0.4, -0.2) is 40.9 Å². The smallest absolute Gasteiger partial charge is 0.310 e. The van der Waals surface area contributed by atoms with Gasteiger partial charge in [0.1, 0.15) is 5.75 Å². The number of esters is 1. The van der Waals surface area contributed by atoms with Crippen molar-refractivity contribution in [2.24, 2.45) is 0 Å². The summed E-state index contributed by atoms with van der Waals surface area (Å²) in [6.07, 6.45) is 1.50. The molecule has 7 nitrogen and oxygen atoms in total. The van der Waals surface area contributed by atoms with Crippen LogP contribution in [0.15, 0.2) is 72.9 Å². The molecule has 0 aliphatic rings. The number of Topliss-reactive ketones (excluding diaryl/α,β-unsaturated/α-hetero) is 1. The standard InChI is InChI=1S/C29H23ClN2O5/c1-17-22(14-28(34)37-16-27(33)24-15-31-25-6-4-3-5-21(24)25)23-13-20(36-2)11-12-26(23)32(17)29(35)18-7-9-19(30)10-8-18/h3-13,15,31H,14,16H2,1-2H3. The fraction of sp³-hybridized carbons (Fsp3) is 0.138. The number of hydrogen-bond donors (Lipinski definition) is 1. The van der Waals surface area contributed by atoms with E-state index >= 15 is 0 Å².